The molecule has 4 nitrogen and oxygen atoms in total. The lowest BCUT2D eigenvalue weighted by atomic mass is 9.96. The van der Waals surface area contributed by atoms with Gasteiger partial charge < -0.3 is 4.74 Å². The number of hydrogen-bond donors (Lipinski definition) is 0. The summed E-state index contributed by atoms with van der Waals surface area (Å²) in [6.45, 7) is 0. The van der Waals surface area contributed by atoms with Gasteiger partial charge in [-0.05, 0) is 29.8 Å². The summed E-state index contributed by atoms with van der Waals surface area (Å²) in [5, 5.41) is 7.03. The monoisotopic (exact) mass is 405 g/mol. The summed E-state index contributed by atoms with van der Waals surface area (Å²) in [7, 11) is 0. The van der Waals surface area contributed by atoms with Gasteiger partial charge in [-0.1, -0.05) is 52.3 Å². The molecule has 2 aliphatic heterocycles. The van der Waals surface area contributed by atoms with Crippen LogP contribution in [0.1, 0.15) is 35.4 Å². The molecule has 0 unspecified atom stereocenters. The standard InChI is InChI=1S/C21H16BrN3O/c22-16-8-9-20-17(11-16)19-12-18(14-5-2-1-3-6-14)24-25(19)21(26-20)15-7-4-10-23-13-15/h1-11,13,19,21H,12H2/t19-,21+/m1/s1. The number of pyridine rings is 1. The highest BCUT2D eigenvalue weighted by atomic mass is 79.9. The van der Waals surface area contributed by atoms with Gasteiger partial charge in [-0.2, -0.15) is 5.10 Å². The van der Waals surface area contributed by atoms with Gasteiger partial charge in [0.25, 0.3) is 0 Å². The fraction of sp³-hybridized carbons (Fsp3) is 0.143. The van der Waals surface area contributed by atoms with Crippen LogP contribution in [-0.4, -0.2) is 15.7 Å². The predicted molar refractivity (Wildman–Crippen MR) is 104 cm³/mol. The highest BCUT2D eigenvalue weighted by Gasteiger charge is 2.41. The summed E-state index contributed by atoms with van der Waals surface area (Å²) in [5.74, 6) is 0.910. The van der Waals surface area contributed by atoms with Crippen molar-refractivity contribution in [2.45, 2.75) is 18.7 Å². The molecule has 0 radical (unpaired) electrons. The van der Waals surface area contributed by atoms with Gasteiger partial charge in [0.15, 0.2) is 0 Å². The van der Waals surface area contributed by atoms with Crippen molar-refractivity contribution in [3.8, 4) is 5.75 Å². The van der Waals surface area contributed by atoms with E-state index in [1.54, 1.807) is 6.20 Å². The van der Waals surface area contributed by atoms with Crippen LogP contribution in [0.25, 0.3) is 0 Å². The fourth-order valence-electron chi connectivity index (χ4n) is 3.61. The SMILES string of the molecule is Brc1ccc2c(c1)[C@H]1CC(c3ccccc3)=NN1[C@H](c1cccnc1)O2. The molecule has 0 N–H and O–H groups in total. The zero-order valence-corrected chi connectivity index (χ0v) is 15.5. The first kappa shape index (κ1) is 15.6. The van der Waals surface area contributed by atoms with E-state index in [-0.39, 0.29) is 12.3 Å². The average Bonchev–Trinajstić information content (AvgIpc) is 3.15. The smallest absolute Gasteiger partial charge is 0.215 e. The highest BCUT2D eigenvalue weighted by molar-refractivity contribution is 9.10. The summed E-state index contributed by atoms with van der Waals surface area (Å²) in [6, 6.07) is 20.6. The van der Waals surface area contributed by atoms with Gasteiger partial charge in [0.2, 0.25) is 6.23 Å². The zero-order valence-electron chi connectivity index (χ0n) is 13.9. The number of halogens is 1. The summed E-state index contributed by atoms with van der Waals surface area (Å²) in [4.78, 5) is 4.26. The highest BCUT2D eigenvalue weighted by Crippen LogP contribution is 2.48. The van der Waals surface area contributed by atoms with E-state index in [0.717, 1.165) is 39.0 Å². The Labute approximate surface area is 160 Å². The minimum absolute atomic E-state index is 0.150. The Morgan fingerprint density at radius 3 is 2.73 bits per heavy atom. The Balaban J connectivity index is 1.62. The molecule has 0 fully saturated rings. The largest absolute Gasteiger partial charge is 0.464 e. The molecule has 0 spiro atoms. The Bertz CT molecular complexity index is 975. The Morgan fingerprint density at radius 1 is 1.04 bits per heavy atom. The predicted octanol–water partition coefficient (Wildman–Crippen LogP) is 5.09. The van der Waals surface area contributed by atoms with Crippen LogP contribution in [0.5, 0.6) is 5.75 Å². The van der Waals surface area contributed by atoms with E-state index in [1.165, 1.54) is 0 Å². The Kier molecular flexibility index (Phi) is 3.75. The maximum absolute atomic E-state index is 6.33. The van der Waals surface area contributed by atoms with E-state index < -0.39 is 0 Å². The normalized spacial score (nSPS) is 20.8. The molecular formula is C21H16BrN3O. The van der Waals surface area contributed by atoms with Gasteiger partial charge in [0.1, 0.15) is 5.75 Å². The lowest BCUT2D eigenvalue weighted by molar-refractivity contribution is -0.0192. The number of rotatable bonds is 2. The molecule has 2 aliphatic rings. The molecular weight excluding hydrogens is 390 g/mol. The summed E-state index contributed by atoms with van der Waals surface area (Å²) in [5.41, 5.74) is 4.41. The minimum Gasteiger partial charge on any atom is -0.464 e. The molecule has 2 atom stereocenters. The third-order valence-corrected chi connectivity index (χ3v) is 5.32. The Morgan fingerprint density at radius 2 is 1.92 bits per heavy atom. The summed E-state index contributed by atoms with van der Waals surface area (Å²) < 4.78 is 7.38. The van der Waals surface area contributed by atoms with Gasteiger partial charge in [-0.3, -0.25) is 4.98 Å². The second-order valence-corrected chi connectivity index (χ2v) is 7.37. The molecule has 2 aromatic carbocycles. The van der Waals surface area contributed by atoms with Crippen molar-refractivity contribution in [2.24, 2.45) is 5.10 Å². The van der Waals surface area contributed by atoms with E-state index in [2.05, 4.69) is 56.3 Å². The minimum atomic E-state index is -0.274. The van der Waals surface area contributed by atoms with Crippen LogP contribution in [-0.2, 0) is 0 Å². The van der Waals surface area contributed by atoms with Crippen molar-refractivity contribution in [3.05, 3.63) is 94.2 Å². The van der Waals surface area contributed by atoms with Crippen molar-refractivity contribution in [2.75, 3.05) is 0 Å². The van der Waals surface area contributed by atoms with Crippen LogP contribution < -0.4 is 4.74 Å². The first-order valence-electron chi connectivity index (χ1n) is 8.57. The lowest BCUT2D eigenvalue weighted by Crippen LogP contribution is -2.33. The van der Waals surface area contributed by atoms with Crippen molar-refractivity contribution >= 4 is 21.6 Å². The topological polar surface area (TPSA) is 37.7 Å². The third-order valence-electron chi connectivity index (χ3n) is 4.83. The number of aromatic nitrogens is 1. The average molecular weight is 406 g/mol. The number of fused-ring (bicyclic) bond motifs is 3. The Hall–Kier alpha value is -2.66. The van der Waals surface area contributed by atoms with E-state index in [9.17, 15) is 0 Å². The van der Waals surface area contributed by atoms with Crippen molar-refractivity contribution in [1.29, 1.82) is 0 Å². The van der Waals surface area contributed by atoms with Crippen LogP contribution in [0.2, 0.25) is 0 Å². The van der Waals surface area contributed by atoms with E-state index >= 15 is 0 Å². The zero-order chi connectivity index (χ0) is 17.5. The van der Waals surface area contributed by atoms with Gasteiger partial charge in [0, 0.05) is 34.4 Å². The number of hydrazone groups is 1. The fourth-order valence-corrected chi connectivity index (χ4v) is 3.98. The van der Waals surface area contributed by atoms with Crippen LogP contribution in [0.15, 0.2) is 82.6 Å². The molecule has 0 saturated carbocycles. The second-order valence-electron chi connectivity index (χ2n) is 6.45. The third kappa shape index (κ3) is 2.59. The molecule has 3 aromatic rings. The van der Waals surface area contributed by atoms with Gasteiger partial charge in [-0.15, -0.1) is 0 Å². The molecule has 5 heteroatoms. The first-order valence-corrected chi connectivity index (χ1v) is 9.36. The lowest BCUT2D eigenvalue weighted by Gasteiger charge is -2.38. The maximum atomic E-state index is 6.33. The quantitative estimate of drug-likeness (QED) is 0.595. The molecule has 0 bridgehead atoms. The molecule has 0 amide bonds. The van der Waals surface area contributed by atoms with Gasteiger partial charge in [-0.25, -0.2) is 5.01 Å². The van der Waals surface area contributed by atoms with E-state index in [0.29, 0.717) is 0 Å². The van der Waals surface area contributed by atoms with Crippen LogP contribution in [0.4, 0.5) is 0 Å². The molecule has 1 aromatic heterocycles. The van der Waals surface area contributed by atoms with Crippen molar-refractivity contribution in [3.63, 3.8) is 0 Å². The van der Waals surface area contributed by atoms with Crippen molar-refractivity contribution < 1.29 is 4.74 Å². The number of hydrogen-bond acceptors (Lipinski definition) is 4. The summed E-state index contributed by atoms with van der Waals surface area (Å²) in [6.07, 6.45) is 4.20. The van der Waals surface area contributed by atoms with E-state index in [4.69, 9.17) is 9.84 Å². The molecule has 26 heavy (non-hydrogen) atoms. The molecule has 0 aliphatic carbocycles. The molecule has 128 valence electrons. The van der Waals surface area contributed by atoms with Crippen molar-refractivity contribution in [1.82, 2.24) is 9.99 Å². The second kappa shape index (κ2) is 6.25. The maximum Gasteiger partial charge on any atom is 0.215 e. The van der Waals surface area contributed by atoms with E-state index in [1.807, 2.05) is 36.5 Å². The molecule has 3 heterocycles. The van der Waals surface area contributed by atoms with Gasteiger partial charge in [0.05, 0.1) is 11.8 Å². The number of benzene rings is 2. The van der Waals surface area contributed by atoms with Crippen LogP contribution in [0, 0.1) is 0 Å². The number of ether oxygens (including phenoxy) is 1. The molecule has 0 saturated heterocycles. The first-order chi connectivity index (χ1) is 12.8. The van der Waals surface area contributed by atoms with Gasteiger partial charge >= 0.3 is 0 Å². The number of nitrogens with zero attached hydrogens (tertiary/aromatic N) is 3. The summed E-state index contributed by atoms with van der Waals surface area (Å²) >= 11 is 3.59. The van der Waals surface area contributed by atoms with Crippen LogP contribution in [0.3, 0.4) is 0 Å². The van der Waals surface area contributed by atoms with Crippen LogP contribution >= 0.6 is 15.9 Å². The molecule has 5 rings (SSSR count).